The second-order valence-corrected chi connectivity index (χ2v) is 8.23. The SMILES string of the molecule is Cc1ccc(NC(=O)CCS(=O)(=O)c2ccc(OC(C)C)cc2)cc1. The van der Waals surface area contributed by atoms with Gasteiger partial charge in [0.1, 0.15) is 5.75 Å². The first kappa shape index (κ1) is 19.0. The first-order chi connectivity index (χ1) is 11.8. The summed E-state index contributed by atoms with van der Waals surface area (Å²) in [5.74, 6) is 0.0491. The average Bonchev–Trinajstić information content (AvgIpc) is 2.55. The zero-order valence-corrected chi connectivity index (χ0v) is 15.5. The van der Waals surface area contributed by atoms with Crippen molar-refractivity contribution >= 4 is 21.4 Å². The number of carbonyl (C=O) groups is 1. The van der Waals surface area contributed by atoms with E-state index in [-0.39, 0.29) is 29.1 Å². The number of ether oxygens (including phenoxy) is 1. The molecule has 2 aromatic carbocycles. The Bertz CT molecular complexity index is 810. The number of aryl methyl sites for hydroxylation is 1. The van der Waals surface area contributed by atoms with Crippen LogP contribution in [0.4, 0.5) is 5.69 Å². The lowest BCUT2D eigenvalue weighted by Gasteiger charge is -2.10. The molecular formula is C19H23NO4S. The standard InChI is InChI=1S/C19H23NO4S/c1-14(2)24-17-8-10-18(11-9-17)25(22,23)13-12-19(21)20-16-6-4-15(3)5-7-16/h4-11,14H,12-13H2,1-3H3,(H,20,21). The molecule has 0 aliphatic heterocycles. The summed E-state index contributed by atoms with van der Waals surface area (Å²) < 4.78 is 30.2. The lowest BCUT2D eigenvalue weighted by molar-refractivity contribution is -0.115. The summed E-state index contributed by atoms with van der Waals surface area (Å²) in [5.41, 5.74) is 1.74. The van der Waals surface area contributed by atoms with Gasteiger partial charge in [-0.25, -0.2) is 8.42 Å². The fourth-order valence-electron chi connectivity index (χ4n) is 2.20. The maximum Gasteiger partial charge on any atom is 0.225 e. The van der Waals surface area contributed by atoms with E-state index >= 15 is 0 Å². The molecule has 0 atom stereocenters. The van der Waals surface area contributed by atoms with Crippen LogP contribution in [0, 0.1) is 6.92 Å². The number of hydrogen-bond acceptors (Lipinski definition) is 4. The smallest absolute Gasteiger partial charge is 0.225 e. The molecule has 134 valence electrons. The van der Waals surface area contributed by atoms with Gasteiger partial charge >= 0.3 is 0 Å². The van der Waals surface area contributed by atoms with Gasteiger partial charge in [0.25, 0.3) is 0 Å². The van der Waals surface area contributed by atoms with Gasteiger partial charge in [-0.3, -0.25) is 4.79 Å². The van der Waals surface area contributed by atoms with Gasteiger partial charge in [-0.15, -0.1) is 0 Å². The normalized spacial score (nSPS) is 11.4. The average molecular weight is 361 g/mol. The largest absolute Gasteiger partial charge is 0.491 e. The Morgan fingerprint density at radius 2 is 1.64 bits per heavy atom. The zero-order chi connectivity index (χ0) is 18.4. The number of hydrogen-bond donors (Lipinski definition) is 1. The molecule has 0 saturated carbocycles. The Morgan fingerprint density at radius 3 is 2.20 bits per heavy atom. The Labute approximate surface area is 148 Å². The third kappa shape index (κ3) is 5.90. The molecule has 25 heavy (non-hydrogen) atoms. The second kappa shape index (κ2) is 8.16. The van der Waals surface area contributed by atoms with Crippen molar-refractivity contribution in [3.05, 3.63) is 54.1 Å². The molecule has 0 aromatic heterocycles. The molecule has 0 radical (unpaired) electrons. The fourth-order valence-corrected chi connectivity index (χ4v) is 3.44. The number of sulfone groups is 1. The highest BCUT2D eigenvalue weighted by Crippen LogP contribution is 2.19. The number of amides is 1. The zero-order valence-electron chi connectivity index (χ0n) is 14.7. The molecule has 0 aliphatic carbocycles. The van der Waals surface area contributed by atoms with Crippen molar-refractivity contribution in [2.24, 2.45) is 0 Å². The van der Waals surface area contributed by atoms with Crippen molar-refractivity contribution in [2.75, 3.05) is 11.1 Å². The van der Waals surface area contributed by atoms with E-state index in [9.17, 15) is 13.2 Å². The van der Waals surface area contributed by atoms with E-state index < -0.39 is 9.84 Å². The maximum absolute atomic E-state index is 12.3. The van der Waals surface area contributed by atoms with Crippen LogP contribution < -0.4 is 10.1 Å². The minimum Gasteiger partial charge on any atom is -0.491 e. The van der Waals surface area contributed by atoms with E-state index in [2.05, 4.69) is 5.32 Å². The summed E-state index contributed by atoms with van der Waals surface area (Å²) in [7, 11) is -3.52. The van der Waals surface area contributed by atoms with Crippen LogP contribution in [0.2, 0.25) is 0 Å². The molecule has 6 heteroatoms. The molecule has 1 N–H and O–H groups in total. The Hall–Kier alpha value is -2.34. The first-order valence-electron chi connectivity index (χ1n) is 8.12. The molecule has 0 saturated heterocycles. The highest BCUT2D eigenvalue weighted by atomic mass is 32.2. The lowest BCUT2D eigenvalue weighted by Crippen LogP contribution is -2.17. The van der Waals surface area contributed by atoms with Crippen molar-refractivity contribution in [1.29, 1.82) is 0 Å². The third-order valence-electron chi connectivity index (χ3n) is 3.49. The Balaban J connectivity index is 1.94. The van der Waals surface area contributed by atoms with Crippen LogP contribution in [0.1, 0.15) is 25.8 Å². The van der Waals surface area contributed by atoms with Gasteiger partial charge in [0.15, 0.2) is 9.84 Å². The monoisotopic (exact) mass is 361 g/mol. The summed E-state index contributed by atoms with van der Waals surface area (Å²) >= 11 is 0. The molecular weight excluding hydrogens is 338 g/mol. The molecule has 2 aromatic rings. The quantitative estimate of drug-likeness (QED) is 0.818. The number of rotatable bonds is 7. The van der Waals surface area contributed by atoms with E-state index in [0.717, 1.165) is 5.56 Å². The van der Waals surface area contributed by atoms with Crippen molar-refractivity contribution in [3.8, 4) is 5.75 Å². The van der Waals surface area contributed by atoms with Gasteiger partial charge < -0.3 is 10.1 Å². The van der Waals surface area contributed by atoms with Crippen LogP contribution in [-0.4, -0.2) is 26.2 Å². The van der Waals surface area contributed by atoms with Crippen molar-refractivity contribution in [3.63, 3.8) is 0 Å². The van der Waals surface area contributed by atoms with E-state index in [4.69, 9.17) is 4.74 Å². The molecule has 0 spiro atoms. The van der Waals surface area contributed by atoms with Gasteiger partial charge in [0, 0.05) is 12.1 Å². The molecule has 5 nitrogen and oxygen atoms in total. The van der Waals surface area contributed by atoms with Crippen LogP contribution >= 0.6 is 0 Å². The minimum absolute atomic E-state index is 0.0212. The first-order valence-corrected chi connectivity index (χ1v) is 9.77. The van der Waals surface area contributed by atoms with Gasteiger partial charge in [0.05, 0.1) is 16.8 Å². The lowest BCUT2D eigenvalue weighted by atomic mass is 10.2. The van der Waals surface area contributed by atoms with Crippen LogP contribution in [0.15, 0.2) is 53.4 Å². The molecule has 0 aliphatic rings. The number of anilines is 1. The van der Waals surface area contributed by atoms with Gasteiger partial charge in [-0.05, 0) is 57.2 Å². The Kier molecular flexibility index (Phi) is 6.20. The van der Waals surface area contributed by atoms with Crippen molar-refractivity contribution in [1.82, 2.24) is 0 Å². The predicted octanol–water partition coefficient (Wildman–Crippen LogP) is 3.58. The summed E-state index contributed by atoms with van der Waals surface area (Å²) in [6.45, 7) is 5.75. The number of carbonyl (C=O) groups excluding carboxylic acids is 1. The summed E-state index contributed by atoms with van der Waals surface area (Å²) in [5, 5.41) is 2.70. The Morgan fingerprint density at radius 1 is 1.04 bits per heavy atom. The van der Waals surface area contributed by atoms with E-state index in [1.54, 1.807) is 24.3 Å². The number of nitrogens with one attached hydrogen (secondary N) is 1. The molecule has 1 amide bonds. The van der Waals surface area contributed by atoms with Gasteiger partial charge in [-0.1, -0.05) is 17.7 Å². The molecule has 0 fully saturated rings. The predicted molar refractivity (Wildman–Crippen MR) is 98.7 cm³/mol. The van der Waals surface area contributed by atoms with E-state index in [1.807, 2.05) is 32.9 Å². The molecule has 2 rings (SSSR count). The second-order valence-electron chi connectivity index (χ2n) is 6.12. The minimum atomic E-state index is -3.52. The van der Waals surface area contributed by atoms with Crippen molar-refractivity contribution in [2.45, 2.75) is 38.2 Å². The third-order valence-corrected chi connectivity index (χ3v) is 5.22. The van der Waals surface area contributed by atoms with Crippen LogP contribution in [0.5, 0.6) is 5.75 Å². The number of benzene rings is 2. The van der Waals surface area contributed by atoms with Gasteiger partial charge in [0.2, 0.25) is 5.91 Å². The maximum atomic E-state index is 12.3. The van der Waals surface area contributed by atoms with Crippen LogP contribution in [0.3, 0.4) is 0 Å². The molecule has 0 heterocycles. The van der Waals surface area contributed by atoms with Gasteiger partial charge in [-0.2, -0.15) is 0 Å². The summed E-state index contributed by atoms with van der Waals surface area (Å²) in [4.78, 5) is 12.1. The fraction of sp³-hybridized carbons (Fsp3) is 0.316. The summed E-state index contributed by atoms with van der Waals surface area (Å²) in [6, 6.07) is 13.6. The highest BCUT2D eigenvalue weighted by molar-refractivity contribution is 7.91. The van der Waals surface area contributed by atoms with Crippen molar-refractivity contribution < 1.29 is 17.9 Å². The van der Waals surface area contributed by atoms with Crippen LogP contribution in [-0.2, 0) is 14.6 Å². The highest BCUT2D eigenvalue weighted by Gasteiger charge is 2.17. The molecule has 0 unspecified atom stereocenters. The van der Waals surface area contributed by atoms with E-state index in [1.165, 1.54) is 12.1 Å². The topological polar surface area (TPSA) is 72.5 Å². The molecule has 0 bridgehead atoms. The van der Waals surface area contributed by atoms with Crippen LogP contribution in [0.25, 0.3) is 0 Å². The van der Waals surface area contributed by atoms with E-state index in [0.29, 0.717) is 11.4 Å². The summed E-state index contributed by atoms with van der Waals surface area (Å²) in [6.07, 6.45) is -0.0755.